The number of aromatic carboxylic acids is 1. The summed E-state index contributed by atoms with van der Waals surface area (Å²) in [5.41, 5.74) is 0.840. The van der Waals surface area contributed by atoms with E-state index in [9.17, 15) is 4.79 Å². The van der Waals surface area contributed by atoms with Crippen LogP contribution in [0.4, 0.5) is 5.69 Å². The maximum absolute atomic E-state index is 11.0. The average Bonchev–Trinajstić information content (AvgIpc) is 2.73. The van der Waals surface area contributed by atoms with Gasteiger partial charge < -0.3 is 10.4 Å². The largest absolute Gasteiger partial charge is 0.478 e. The zero-order valence-corrected chi connectivity index (χ0v) is 10.3. The molecular formula is C11H9ClN2O2S. The molecule has 0 aliphatic heterocycles. The number of anilines is 1. The highest BCUT2D eigenvalue weighted by atomic mass is 35.5. The van der Waals surface area contributed by atoms with Crippen LogP contribution >= 0.6 is 22.9 Å². The smallest absolute Gasteiger partial charge is 0.337 e. The van der Waals surface area contributed by atoms with Gasteiger partial charge in [0, 0.05) is 16.8 Å². The van der Waals surface area contributed by atoms with E-state index in [1.165, 1.54) is 11.3 Å². The molecule has 4 nitrogen and oxygen atoms in total. The van der Waals surface area contributed by atoms with Crippen LogP contribution in [0, 0.1) is 0 Å². The van der Waals surface area contributed by atoms with E-state index in [2.05, 4.69) is 10.3 Å². The summed E-state index contributed by atoms with van der Waals surface area (Å²) in [7, 11) is 0. The Kier molecular flexibility index (Phi) is 3.61. The van der Waals surface area contributed by atoms with Crippen molar-refractivity contribution in [1.29, 1.82) is 0 Å². The van der Waals surface area contributed by atoms with Crippen LogP contribution in [0.3, 0.4) is 0 Å². The Labute approximate surface area is 107 Å². The molecule has 1 heterocycles. The van der Waals surface area contributed by atoms with Crippen molar-refractivity contribution in [3.63, 3.8) is 0 Å². The van der Waals surface area contributed by atoms with Crippen LogP contribution in [0.1, 0.15) is 15.2 Å². The van der Waals surface area contributed by atoms with Crippen LogP contribution in [0.5, 0.6) is 0 Å². The highest BCUT2D eigenvalue weighted by Gasteiger charge is 2.08. The fourth-order valence-corrected chi connectivity index (χ4v) is 2.29. The maximum atomic E-state index is 11.0. The van der Waals surface area contributed by atoms with Gasteiger partial charge >= 0.3 is 5.97 Å². The van der Waals surface area contributed by atoms with Crippen LogP contribution in [-0.4, -0.2) is 16.1 Å². The number of nitrogens with one attached hydrogen (secondary N) is 1. The lowest BCUT2D eigenvalue weighted by Crippen LogP contribution is -2.05. The molecule has 1 aromatic carbocycles. The maximum Gasteiger partial charge on any atom is 0.337 e. The molecule has 0 unspecified atom stereocenters. The number of carbonyl (C=O) groups is 1. The number of halogens is 1. The van der Waals surface area contributed by atoms with E-state index in [-0.39, 0.29) is 5.56 Å². The van der Waals surface area contributed by atoms with E-state index >= 15 is 0 Å². The van der Waals surface area contributed by atoms with Crippen molar-refractivity contribution in [2.24, 2.45) is 0 Å². The number of hydrogen-bond donors (Lipinski definition) is 2. The summed E-state index contributed by atoms with van der Waals surface area (Å²) in [6.07, 6.45) is 1.67. The number of para-hydroxylation sites is 1. The standard InChI is InChI=1S/C11H9ClN2O2S/c12-11-14-6-7(17-11)5-13-9-4-2-1-3-8(9)10(15)16/h1-4,6,13H,5H2,(H,15,16). The third kappa shape index (κ3) is 2.95. The van der Waals surface area contributed by atoms with Crippen LogP contribution in [0.25, 0.3) is 0 Å². The molecule has 0 saturated heterocycles. The molecule has 2 rings (SSSR count). The monoisotopic (exact) mass is 268 g/mol. The molecule has 0 spiro atoms. The Balaban J connectivity index is 2.11. The van der Waals surface area contributed by atoms with Gasteiger partial charge in [-0.05, 0) is 12.1 Å². The average molecular weight is 269 g/mol. The number of thiazole rings is 1. The van der Waals surface area contributed by atoms with Gasteiger partial charge in [0.25, 0.3) is 0 Å². The van der Waals surface area contributed by atoms with Gasteiger partial charge in [-0.1, -0.05) is 23.7 Å². The molecule has 0 atom stereocenters. The molecule has 0 bridgehead atoms. The molecule has 2 aromatic rings. The van der Waals surface area contributed by atoms with E-state index in [1.807, 2.05) is 0 Å². The van der Waals surface area contributed by atoms with Crippen molar-refractivity contribution in [2.45, 2.75) is 6.54 Å². The van der Waals surface area contributed by atoms with Gasteiger partial charge in [-0.3, -0.25) is 0 Å². The topological polar surface area (TPSA) is 62.2 Å². The fraction of sp³-hybridized carbons (Fsp3) is 0.0909. The van der Waals surface area contributed by atoms with Gasteiger partial charge in [-0.15, -0.1) is 11.3 Å². The molecule has 0 saturated carbocycles. The number of hydrogen-bond acceptors (Lipinski definition) is 4. The van der Waals surface area contributed by atoms with E-state index in [0.29, 0.717) is 16.7 Å². The highest BCUT2D eigenvalue weighted by molar-refractivity contribution is 7.15. The summed E-state index contributed by atoms with van der Waals surface area (Å²) >= 11 is 7.08. The quantitative estimate of drug-likeness (QED) is 0.894. The molecule has 0 amide bonds. The van der Waals surface area contributed by atoms with Crippen molar-refractivity contribution < 1.29 is 9.90 Å². The second-order valence-electron chi connectivity index (χ2n) is 3.28. The van der Waals surface area contributed by atoms with Crippen LogP contribution in [-0.2, 0) is 6.54 Å². The van der Waals surface area contributed by atoms with Gasteiger partial charge in [0.05, 0.1) is 12.1 Å². The Hall–Kier alpha value is -1.59. The van der Waals surface area contributed by atoms with Gasteiger partial charge in [-0.25, -0.2) is 9.78 Å². The predicted octanol–water partition coefficient (Wildman–Crippen LogP) is 3.11. The lowest BCUT2D eigenvalue weighted by molar-refractivity contribution is 0.0698. The number of aromatic nitrogens is 1. The first-order valence-electron chi connectivity index (χ1n) is 4.83. The van der Waals surface area contributed by atoms with Crippen LogP contribution in [0.15, 0.2) is 30.5 Å². The zero-order valence-electron chi connectivity index (χ0n) is 8.68. The summed E-state index contributed by atoms with van der Waals surface area (Å²) in [4.78, 5) is 15.8. The lowest BCUT2D eigenvalue weighted by Gasteiger charge is -2.07. The molecule has 2 N–H and O–H groups in total. The minimum atomic E-state index is -0.949. The zero-order chi connectivity index (χ0) is 12.3. The molecule has 88 valence electrons. The second kappa shape index (κ2) is 5.16. The van der Waals surface area contributed by atoms with Crippen molar-refractivity contribution in [3.05, 3.63) is 45.4 Å². The summed E-state index contributed by atoms with van der Waals surface area (Å²) < 4.78 is 0.480. The van der Waals surface area contributed by atoms with Crippen molar-refractivity contribution in [3.8, 4) is 0 Å². The minimum Gasteiger partial charge on any atom is -0.478 e. The minimum absolute atomic E-state index is 0.253. The van der Waals surface area contributed by atoms with Crippen molar-refractivity contribution in [2.75, 3.05) is 5.32 Å². The van der Waals surface area contributed by atoms with Gasteiger partial charge in [0.2, 0.25) is 0 Å². The van der Waals surface area contributed by atoms with E-state index < -0.39 is 5.97 Å². The molecule has 1 aromatic heterocycles. The first-order chi connectivity index (χ1) is 8.16. The summed E-state index contributed by atoms with van der Waals surface area (Å²) in [6.45, 7) is 0.509. The molecule has 6 heteroatoms. The summed E-state index contributed by atoms with van der Waals surface area (Å²) in [5.74, 6) is -0.949. The number of rotatable bonds is 4. The third-order valence-corrected chi connectivity index (χ3v) is 3.25. The number of nitrogens with zero attached hydrogens (tertiary/aromatic N) is 1. The Morgan fingerprint density at radius 1 is 1.47 bits per heavy atom. The predicted molar refractivity (Wildman–Crippen MR) is 67.9 cm³/mol. The van der Waals surface area contributed by atoms with E-state index in [1.54, 1.807) is 30.5 Å². The van der Waals surface area contributed by atoms with Crippen molar-refractivity contribution in [1.82, 2.24) is 4.98 Å². The summed E-state index contributed by atoms with van der Waals surface area (Å²) in [5, 5.41) is 12.1. The fourth-order valence-electron chi connectivity index (χ4n) is 1.37. The molecule has 0 aliphatic carbocycles. The van der Waals surface area contributed by atoms with E-state index in [0.717, 1.165) is 4.88 Å². The van der Waals surface area contributed by atoms with Gasteiger partial charge in [0.15, 0.2) is 4.47 Å². The molecular weight excluding hydrogens is 260 g/mol. The molecule has 0 radical (unpaired) electrons. The number of carboxylic acid groups (broad SMARTS) is 1. The SMILES string of the molecule is O=C(O)c1ccccc1NCc1cnc(Cl)s1. The summed E-state index contributed by atoms with van der Waals surface area (Å²) in [6, 6.07) is 6.77. The van der Waals surface area contributed by atoms with Gasteiger partial charge in [-0.2, -0.15) is 0 Å². The number of benzene rings is 1. The Morgan fingerprint density at radius 3 is 2.88 bits per heavy atom. The first kappa shape index (κ1) is 11.9. The highest BCUT2D eigenvalue weighted by Crippen LogP contribution is 2.20. The van der Waals surface area contributed by atoms with Gasteiger partial charge in [0.1, 0.15) is 0 Å². The Morgan fingerprint density at radius 2 is 2.24 bits per heavy atom. The lowest BCUT2D eigenvalue weighted by atomic mass is 10.2. The molecule has 0 aliphatic rings. The van der Waals surface area contributed by atoms with E-state index in [4.69, 9.17) is 16.7 Å². The Bertz CT molecular complexity index is 542. The van der Waals surface area contributed by atoms with Crippen LogP contribution in [0.2, 0.25) is 4.47 Å². The first-order valence-corrected chi connectivity index (χ1v) is 6.02. The molecule has 0 fully saturated rings. The second-order valence-corrected chi connectivity index (χ2v) is 4.98. The van der Waals surface area contributed by atoms with Crippen LogP contribution < -0.4 is 5.32 Å². The third-order valence-electron chi connectivity index (χ3n) is 2.14. The normalized spacial score (nSPS) is 10.2. The van der Waals surface area contributed by atoms with Crippen molar-refractivity contribution >= 4 is 34.6 Å². The number of carboxylic acids is 1. The molecule has 17 heavy (non-hydrogen) atoms.